The molecular weight excluding hydrogens is 298 g/mol. The molecule has 0 spiro atoms. The van der Waals surface area contributed by atoms with E-state index in [1.165, 1.54) is 10.3 Å². The maximum absolute atomic E-state index is 12.9. The molecule has 0 atom stereocenters. The Morgan fingerprint density at radius 1 is 0.864 bits per heavy atom. The highest BCUT2D eigenvalue weighted by molar-refractivity contribution is 7.90. The third-order valence-corrected chi connectivity index (χ3v) is 5.21. The van der Waals surface area contributed by atoms with Crippen LogP contribution in [0.15, 0.2) is 72.0 Å². The number of hydrogen-bond donors (Lipinski definition) is 0. The Labute approximate surface area is 126 Å². The minimum absolute atomic E-state index is 0.219. The van der Waals surface area contributed by atoms with Gasteiger partial charge in [0, 0.05) is 11.6 Å². The van der Waals surface area contributed by atoms with Gasteiger partial charge in [-0.05, 0) is 36.4 Å². The first-order valence-electron chi connectivity index (χ1n) is 6.69. The first kappa shape index (κ1) is 13.0. The fourth-order valence-corrected chi connectivity index (χ4v) is 3.78. The predicted octanol–water partition coefficient (Wildman–Crippen LogP) is 2.82. The molecule has 2 heterocycles. The minimum atomic E-state index is -3.69. The number of benzene rings is 2. The van der Waals surface area contributed by atoms with E-state index in [9.17, 15) is 8.42 Å². The van der Waals surface area contributed by atoms with Crippen molar-refractivity contribution in [2.45, 2.75) is 4.90 Å². The highest BCUT2D eigenvalue weighted by Gasteiger charge is 2.19. The second-order valence-corrected chi connectivity index (χ2v) is 6.71. The Morgan fingerprint density at radius 2 is 1.73 bits per heavy atom. The number of imidazole rings is 1. The smallest absolute Gasteiger partial charge is 0.256 e. The first-order valence-corrected chi connectivity index (χ1v) is 8.13. The molecule has 4 aromatic rings. The van der Waals surface area contributed by atoms with Gasteiger partial charge >= 0.3 is 0 Å². The number of hydrogen-bond acceptors (Lipinski definition) is 4. The Hall–Kier alpha value is -2.73. The highest BCUT2D eigenvalue weighted by atomic mass is 32.2. The van der Waals surface area contributed by atoms with Crippen LogP contribution in [-0.4, -0.2) is 22.4 Å². The van der Waals surface area contributed by atoms with Gasteiger partial charge in [0.2, 0.25) is 0 Å². The van der Waals surface area contributed by atoms with Gasteiger partial charge < -0.3 is 0 Å². The second kappa shape index (κ2) is 4.64. The molecule has 0 aliphatic carbocycles. The Morgan fingerprint density at radius 3 is 2.64 bits per heavy atom. The van der Waals surface area contributed by atoms with E-state index in [2.05, 4.69) is 9.97 Å². The van der Waals surface area contributed by atoms with Crippen LogP contribution >= 0.6 is 0 Å². The van der Waals surface area contributed by atoms with Crippen molar-refractivity contribution >= 4 is 32.0 Å². The van der Waals surface area contributed by atoms with Crippen LogP contribution in [0.1, 0.15) is 0 Å². The van der Waals surface area contributed by atoms with Crippen molar-refractivity contribution in [3.63, 3.8) is 0 Å². The van der Waals surface area contributed by atoms with E-state index >= 15 is 0 Å². The fraction of sp³-hybridized carbons (Fsp3) is 0. The lowest BCUT2D eigenvalue weighted by molar-refractivity contribution is 0.589. The van der Waals surface area contributed by atoms with Gasteiger partial charge in [0.05, 0.1) is 21.4 Å². The van der Waals surface area contributed by atoms with Gasteiger partial charge in [-0.2, -0.15) is 0 Å². The Kier molecular flexibility index (Phi) is 2.74. The van der Waals surface area contributed by atoms with E-state index in [1.807, 2.05) is 12.1 Å². The number of para-hydroxylation sites is 2. The summed E-state index contributed by atoms with van der Waals surface area (Å²) in [6, 6.07) is 15.7. The molecule has 2 aromatic carbocycles. The van der Waals surface area contributed by atoms with Crippen LogP contribution in [-0.2, 0) is 10.0 Å². The normalized spacial score (nSPS) is 12.0. The summed E-state index contributed by atoms with van der Waals surface area (Å²) in [4.78, 5) is 8.57. The zero-order valence-corrected chi connectivity index (χ0v) is 12.2. The lowest BCUT2D eigenvalue weighted by Crippen LogP contribution is -2.11. The van der Waals surface area contributed by atoms with Gasteiger partial charge in [0.15, 0.2) is 0 Å². The SMILES string of the molecule is O=S(=O)(c1ccc2ncccc2c1)n1cnc2ccccc21. The topological polar surface area (TPSA) is 64.8 Å². The summed E-state index contributed by atoms with van der Waals surface area (Å²) in [6.07, 6.45) is 3.02. The molecular formula is C16H11N3O2S. The molecule has 0 aliphatic heterocycles. The zero-order valence-electron chi connectivity index (χ0n) is 11.4. The van der Waals surface area contributed by atoms with Crippen LogP contribution in [0.5, 0.6) is 0 Å². The summed E-state index contributed by atoms with van der Waals surface area (Å²) in [5.74, 6) is 0. The molecule has 0 fully saturated rings. The maximum Gasteiger partial charge on any atom is 0.269 e. The quantitative estimate of drug-likeness (QED) is 0.571. The van der Waals surface area contributed by atoms with Crippen molar-refractivity contribution in [2.75, 3.05) is 0 Å². The van der Waals surface area contributed by atoms with Gasteiger partial charge in [-0.1, -0.05) is 18.2 Å². The van der Waals surface area contributed by atoms with Crippen LogP contribution in [0.3, 0.4) is 0 Å². The van der Waals surface area contributed by atoms with E-state index in [4.69, 9.17) is 0 Å². The average Bonchev–Trinajstić information content (AvgIpc) is 2.99. The van der Waals surface area contributed by atoms with Crippen molar-refractivity contribution < 1.29 is 8.42 Å². The predicted molar refractivity (Wildman–Crippen MR) is 84.1 cm³/mol. The summed E-state index contributed by atoms with van der Waals surface area (Å²) in [7, 11) is -3.69. The number of aromatic nitrogens is 3. The third kappa shape index (κ3) is 1.88. The first-order chi connectivity index (χ1) is 10.7. The molecule has 0 saturated heterocycles. The van der Waals surface area contributed by atoms with Crippen LogP contribution in [0.2, 0.25) is 0 Å². The van der Waals surface area contributed by atoms with Gasteiger partial charge in [-0.3, -0.25) is 4.98 Å². The van der Waals surface area contributed by atoms with Crippen molar-refractivity contribution in [3.05, 3.63) is 67.1 Å². The van der Waals surface area contributed by atoms with Gasteiger partial charge in [0.25, 0.3) is 10.0 Å². The van der Waals surface area contributed by atoms with Gasteiger partial charge in [-0.25, -0.2) is 17.4 Å². The lowest BCUT2D eigenvalue weighted by atomic mass is 10.2. The monoisotopic (exact) mass is 309 g/mol. The molecule has 0 amide bonds. The van der Waals surface area contributed by atoms with Crippen molar-refractivity contribution in [1.29, 1.82) is 0 Å². The number of rotatable bonds is 2. The van der Waals surface area contributed by atoms with E-state index in [0.29, 0.717) is 11.0 Å². The van der Waals surface area contributed by atoms with Crippen LogP contribution in [0.25, 0.3) is 21.9 Å². The highest BCUT2D eigenvalue weighted by Crippen LogP contribution is 2.22. The maximum atomic E-state index is 12.9. The van der Waals surface area contributed by atoms with Crippen molar-refractivity contribution in [3.8, 4) is 0 Å². The second-order valence-electron chi connectivity index (χ2n) is 4.89. The van der Waals surface area contributed by atoms with Crippen molar-refractivity contribution in [2.24, 2.45) is 0 Å². The molecule has 4 rings (SSSR count). The summed E-state index contributed by atoms with van der Waals surface area (Å²) >= 11 is 0. The van der Waals surface area contributed by atoms with Gasteiger partial charge in [-0.15, -0.1) is 0 Å². The van der Waals surface area contributed by atoms with Crippen LogP contribution in [0.4, 0.5) is 0 Å². The fourth-order valence-electron chi connectivity index (χ4n) is 2.46. The molecule has 0 N–H and O–H groups in total. The number of pyridine rings is 1. The molecule has 108 valence electrons. The molecule has 22 heavy (non-hydrogen) atoms. The molecule has 6 heteroatoms. The number of nitrogens with zero attached hydrogens (tertiary/aromatic N) is 3. The average molecular weight is 309 g/mol. The third-order valence-electron chi connectivity index (χ3n) is 3.55. The summed E-state index contributed by atoms with van der Waals surface area (Å²) in [6.45, 7) is 0. The molecule has 2 aromatic heterocycles. The largest absolute Gasteiger partial charge is 0.269 e. The van der Waals surface area contributed by atoms with E-state index < -0.39 is 10.0 Å². The Balaban J connectivity index is 1.95. The summed E-state index contributed by atoms with van der Waals surface area (Å²) in [5.41, 5.74) is 1.97. The lowest BCUT2D eigenvalue weighted by Gasteiger charge is -2.07. The summed E-state index contributed by atoms with van der Waals surface area (Å²) < 4.78 is 26.9. The van der Waals surface area contributed by atoms with E-state index in [-0.39, 0.29) is 4.90 Å². The zero-order chi connectivity index (χ0) is 15.2. The van der Waals surface area contributed by atoms with E-state index in [1.54, 1.807) is 48.7 Å². The molecule has 5 nitrogen and oxygen atoms in total. The number of fused-ring (bicyclic) bond motifs is 2. The standard InChI is InChI=1S/C16H11N3O2S/c20-22(21,19-11-18-15-5-1-2-6-16(15)19)13-7-8-14-12(10-13)4-3-9-17-14/h1-11H. The molecule has 0 bridgehead atoms. The van der Waals surface area contributed by atoms with Gasteiger partial charge in [0.1, 0.15) is 6.33 Å². The molecule has 0 unspecified atom stereocenters. The molecule has 0 saturated carbocycles. The Bertz CT molecular complexity index is 1100. The van der Waals surface area contributed by atoms with E-state index in [0.717, 1.165) is 10.9 Å². The van der Waals surface area contributed by atoms with Crippen LogP contribution < -0.4 is 0 Å². The van der Waals surface area contributed by atoms with Crippen LogP contribution in [0, 0.1) is 0 Å². The molecule has 0 aliphatic rings. The molecule has 0 radical (unpaired) electrons. The minimum Gasteiger partial charge on any atom is -0.256 e. The van der Waals surface area contributed by atoms with Crippen molar-refractivity contribution in [1.82, 2.24) is 13.9 Å². The summed E-state index contributed by atoms with van der Waals surface area (Å²) in [5, 5.41) is 0.785.